The molecule has 0 fully saturated rings. The van der Waals surface area contributed by atoms with Gasteiger partial charge in [-0.15, -0.1) is 0 Å². The summed E-state index contributed by atoms with van der Waals surface area (Å²) in [6.45, 7) is 11.5. The van der Waals surface area contributed by atoms with Gasteiger partial charge in [0.25, 0.3) is 0 Å². The molecule has 1 atom stereocenters. The molecule has 0 bridgehead atoms. The van der Waals surface area contributed by atoms with Gasteiger partial charge >= 0.3 is 5.97 Å². The van der Waals surface area contributed by atoms with Crippen LogP contribution in [-0.4, -0.2) is 75.9 Å². The molecule has 0 rings (SSSR count). The monoisotopic (exact) mass is 431 g/mol. The molecule has 1 amide bonds. The third kappa shape index (κ3) is 19.4. The minimum absolute atomic E-state index is 0.0226. The Morgan fingerprint density at radius 2 is 1.83 bits per heavy atom. The molecule has 0 radical (unpaired) electrons. The number of hydrogen-bond acceptors (Lipinski definition) is 8. The zero-order valence-electron chi connectivity index (χ0n) is 18.8. The van der Waals surface area contributed by atoms with Crippen molar-refractivity contribution in [3.8, 4) is 0 Å². The second kappa shape index (κ2) is 16.8. The summed E-state index contributed by atoms with van der Waals surface area (Å²) >= 11 is 0. The maximum Gasteiger partial charge on any atom is 0.332 e. The van der Waals surface area contributed by atoms with Gasteiger partial charge in [-0.3, -0.25) is 4.79 Å². The van der Waals surface area contributed by atoms with Crippen LogP contribution in [0.3, 0.4) is 0 Å². The SMILES string of the molecule is CC(C)OC(=O)COCCOC(COCCCC(=O)NCCNC(C)(C)C)N=[N+]=[N-]. The minimum Gasteiger partial charge on any atom is -0.461 e. The molecule has 0 aliphatic rings. The van der Waals surface area contributed by atoms with Crippen molar-refractivity contribution >= 4 is 11.9 Å². The van der Waals surface area contributed by atoms with Crippen LogP contribution in [0.5, 0.6) is 0 Å². The predicted octanol–water partition coefficient (Wildman–Crippen LogP) is 1.91. The maximum absolute atomic E-state index is 11.7. The molecule has 0 aromatic carbocycles. The van der Waals surface area contributed by atoms with Gasteiger partial charge in [0.15, 0.2) is 6.23 Å². The molecule has 0 saturated heterocycles. The van der Waals surface area contributed by atoms with E-state index in [4.69, 9.17) is 24.5 Å². The molecule has 0 saturated carbocycles. The molecule has 11 heteroatoms. The Balaban J connectivity index is 3.77. The Bertz CT molecular complexity index is 532. The Morgan fingerprint density at radius 3 is 2.47 bits per heavy atom. The average molecular weight is 432 g/mol. The van der Waals surface area contributed by atoms with E-state index in [1.807, 2.05) is 0 Å². The van der Waals surface area contributed by atoms with Gasteiger partial charge in [0, 0.05) is 36.6 Å². The fourth-order valence-corrected chi connectivity index (χ4v) is 2.11. The van der Waals surface area contributed by atoms with Crippen molar-refractivity contribution in [2.45, 2.75) is 65.3 Å². The lowest BCUT2D eigenvalue weighted by atomic mass is 10.1. The summed E-state index contributed by atoms with van der Waals surface area (Å²) in [4.78, 5) is 25.8. The summed E-state index contributed by atoms with van der Waals surface area (Å²) in [6.07, 6.45) is -0.107. The van der Waals surface area contributed by atoms with E-state index in [1.165, 1.54) is 0 Å². The summed E-state index contributed by atoms with van der Waals surface area (Å²) in [5.41, 5.74) is 8.62. The molecular weight excluding hydrogens is 394 g/mol. The molecule has 30 heavy (non-hydrogen) atoms. The second-order valence-corrected chi connectivity index (χ2v) is 7.83. The van der Waals surface area contributed by atoms with E-state index in [0.29, 0.717) is 32.5 Å². The predicted molar refractivity (Wildman–Crippen MR) is 112 cm³/mol. The Kier molecular flexibility index (Phi) is 15.8. The van der Waals surface area contributed by atoms with E-state index in [2.05, 4.69) is 41.4 Å². The molecule has 0 aliphatic carbocycles. The van der Waals surface area contributed by atoms with Crippen molar-refractivity contribution in [3.05, 3.63) is 10.4 Å². The van der Waals surface area contributed by atoms with Gasteiger partial charge in [0.2, 0.25) is 5.91 Å². The number of nitrogens with one attached hydrogen (secondary N) is 2. The third-order valence-electron chi connectivity index (χ3n) is 3.36. The minimum atomic E-state index is -0.807. The van der Waals surface area contributed by atoms with Gasteiger partial charge in [-0.25, -0.2) is 4.79 Å². The number of azide groups is 1. The van der Waals surface area contributed by atoms with Crippen molar-refractivity contribution in [1.82, 2.24) is 10.6 Å². The van der Waals surface area contributed by atoms with Crippen molar-refractivity contribution in [2.75, 3.05) is 46.1 Å². The molecule has 11 nitrogen and oxygen atoms in total. The first-order valence-electron chi connectivity index (χ1n) is 10.2. The van der Waals surface area contributed by atoms with Gasteiger partial charge in [0.05, 0.1) is 25.9 Å². The van der Waals surface area contributed by atoms with Crippen molar-refractivity contribution in [3.63, 3.8) is 0 Å². The molecule has 174 valence electrons. The molecule has 0 aromatic heterocycles. The number of hydrogen-bond donors (Lipinski definition) is 2. The number of rotatable bonds is 17. The van der Waals surface area contributed by atoms with Crippen LogP contribution in [0.25, 0.3) is 10.4 Å². The highest BCUT2D eigenvalue weighted by molar-refractivity contribution is 5.75. The zero-order chi connectivity index (χ0) is 22.8. The number of amides is 1. The van der Waals surface area contributed by atoms with E-state index >= 15 is 0 Å². The summed E-state index contributed by atoms with van der Waals surface area (Å²) in [5, 5.41) is 9.63. The number of ether oxygens (including phenoxy) is 4. The molecule has 1 unspecified atom stereocenters. The fraction of sp³-hybridized carbons (Fsp3) is 0.895. The average Bonchev–Trinajstić information content (AvgIpc) is 2.63. The molecule has 0 aromatic rings. The molecule has 0 aliphatic heterocycles. The van der Waals surface area contributed by atoms with Crippen LogP contribution in [0.2, 0.25) is 0 Å². The van der Waals surface area contributed by atoms with Crippen LogP contribution in [-0.2, 0) is 28.5 Å². The van der Waals surface area contributed by atoms with Crippen molar-refractivity contribution in [2.24, 2.45) is 5.11 Å². The van der Waals surface area contributed by atoms with Crippen LogP contribution >= 0.6 is 0 Å². The Morgan fingerprint density at radius 1 is 1.10 bits per heavy atom. The number of carbonyl (C=O) groups is 2. The van der Waals surface area contributed by atoms with Crippen molar-refractivity contribution in [1.29, 1.82) is 0 Å². The smallest absolute Gasteiger partial charge is 0.332 e. The Hall–Kier alpha value is -1.91. The first-order chi connectivity index (χ1) is 14.1. The van der Waals surface area contributed by atoms with E-state index in [9.17, 15) is 9.59 Å². The number of esters is 1. The molecule has 0 heterocycles. The zero-order valence-corrected chi connectivity index (χ0v) is 18.8. The quantitative estimate of drug-likeness (QED) is 0.118. The summed E-state index contributed by atoms with van der Waals surface area (Å²) in [5.74, 6) is -0.486. The second-order valence-electron chi connectivity index (χ2n) is 7.83. The number of carbonyl (C=O) groups excluding carboxylic acids is 2. The highest BCUT2D eigenvalue weighted by Crippen LogP contribution is 2.00. The molecule has 0 spiro atoms. The van der Waals surface area contributed by atoms with E-state index in [1.54, 1.807) is 13.8 Å². The normalized spacial score (nSPS) is 12.3. The first kappa shape index (κ1) is 28.1. The van der Waals surface area contributed by atoms with E-state index < -0.39 is 12.2 Å². The number of nitrogens with zero attached hydrogens (tertiary/aromatic N) is 3. The topological polar surface area (TPSA) is 144 Å². The largest absolute Gasteiger partial charge is 0.461 e. The van der Waals surface area contributed by atoms with Crippen LogP contribution in [0.1, 0.15) is 47.5 Å². The van der Waals surface area contributed by atoms with Gasteiger partial charge in [-0.1, -0.05) is 5.11 Å². The molecular formula is C19H37N5O6. The standard InChI is InChI=1S/C19H37N5O6/c1-15(2)30-18(26)14-28-11-12-29-17(23-24-20)13-27-10-6-7-16(25)21-8-9-22-19(3,4)5/h15,17,22H,6-14H2,1-5H3,(H,21,25). The summed E-state index contributed by atoms with van der Waals surface area (Å²) < 4.78 is 20.8. The first-order valence-corrected chi connectivity index (χ1v) is 10.2. The Labute approximate surface area is 178 Å². The summed E-state index contributed by atoms with van der Waals surface area (Å²) in [6, 6.07) is 0. The van der Waals surface area contributed by atoms with Gasteiger partial charge in [-0.05, 0) is 46.6 Å². The lowest BCUT2D eigenvalue weighted by molar-refractivity contribution is -0.153. The van der Waals surface area contributed by atoms with E-state index in [-0.39, 0.29) is 44.0 Å². The van der Waals surface area contributed by atoms with Crippen LogP contribution in [0, 0.1) is 0 Å². The molecule has 2 N–H and O–H groups in total. The lowest BCUT2D eigenvalue weighted by Crippen LogP contribution is -2.41. The van der Waals surface area contributed by atoms with Gasteiger partial charge < -0.3 is 29.6 Å². The highest BCUT2D eigenvalue weighted by atomic mass is 16.6. The van der Waals surface area contributed by atoms with Gasteiger partial charge in [-0.2, -0.15) is 0 Å². The summed E-state index contributed by atoms with van der Waals surface area (Å²) in [7, 11) is 0. The van der Waals surface area contributed by atoms with Crippen LogP contribution < -0.4 is 10.6 Å². The van der Waals surface area contributed by atoms with Gasteiger partial charge in [0.1, 0.15) is 6.61 Å². The van der Waals surface area contributed by atoms with Crippen molar-refractivity contribution < 1.29 is 28.5 Å². The lowest BCUT2D eigenvalue weighted by Gasteiger charge is -2.20. The maximum atomic E-state index is 11.7. The van der Waals surface area contributed by atoms with Crippen LogP contribution in [0.4, 0.5) is 0 Å². The fourth-order valence-electron chi connectivity index (χ4n) is 2.11. The van der Waals surface area contributed by atoms with Crippen LogP contribution in [0.15, 0.2) is 5.11 Å². The highest BCUT2D eigenvalue weighted by Gasteiger charge is 2.10. The van der Waals surface area contributed by atoms with E-state index in [0.717, 1.165) is 0 Å². The third-order valence-corrected chi connectivity index (χ3v) is 3.36.